The molecule has 0 aliphatic carbocycles. The molecule has 1 atom stereocenters. The monoisotopic (exact) mass is 257 g/mol. The van der Waals surface area contributed by atoms with Crippen LogP contribution in [0, 0.1) is 0 Å². The normalized spacial score (nSPS) is 10.9. The van der Waals surface area contributed by atoms with Gasteiger partial charge in [-0.1, -0.05) is 13.8 Å². The van der Waals surface area contributed by atoms with Crippen LogP contribution in [0.5, 0.6) is 5.88 Å². The Morgan fingerprint density at radius 2 is 2.22 bits per heavy atom. The molecule has 0 aliphatic rings. The number of hydrogen-bond donors (Lipinski definition) is 3. The van der Waals surface area contributed by atoms with Crippen LogP contribution < -0.4 is 10.1 Å². The van der Waals surface area contributed by atoms with Crippen molar-refractivity contribution in [2.24, 2.45) is 0 Å². The molecule has 1 unspecified atom stereocenters. The SMILES string of the molecule is CC.CC(=O)Nc1nccc(OCC(O)CO)n1. The van der Waals surface area contributed by atoms with Crippen molar-refractivity contribution in [2.45, 2.75) is 26.9 Å². The van der Waals surface area contributed by atoms with Gasteiger partial charge in [-0.2, -0.15) is 4.98 Å². The summed E-state index contributed by atoms with van der Waals surface area (Å²) in [6.07, 6.45) is 0.457. The van der Waals surface area contributed by atoms with Crippen LogP contribution in [0.2, 0.25) is 0 Å². The maximum Gasteiger partial charge on any atom is 0.232 e. The van der Waals surface area contributed by atoms with Crippen molar-refractivity contribution in [2.75, 3.05) is 18.5 Å². The van der Waals surface area contributed by atoms with Gasteiger partial charge in [-0.15, -0.1) is 0 Å². The van der Waals surface area contributed by atoms with Crippen LogP contribution in [0.25, 0.3) is 0 Å². The van der Waals surface area contributed by atoms with Gasteiger partial charge in [0.25, 0.3) is 0 Å². The highest BCUT2D eigenvalue weighted by Gasteiger charge is 2.05. The van der Waals surface area contributed by atoms with Crippen molar-refractivity contribution in [3.05, 3.63) is 12.3 Å². The highest BCUT2D eigenvalue weighted by Crippen LogP contribution is 2.08. The Balaban J connectivity index is 0.00000137. The van der Waals surface area contributed by atoms with Crippen LogP contribution in [0.3, 0.4) is 0 Å². The average molecular weight is 257 g/mol. The van der Waals surface area contributed by atoms with E-state index in [1.54, 1.807) is 0 Å². The molecule has 0 fully saturated rings. The molecule has 7 nitrogen and oxygen atoms in total. The number of nitrogens with zero attached hydrogens (tertiary/aromatic N) is 2. The third kappa shape index (κ3) is 6.77. The second kappa shape index (κ2) is 9.32. The summed E-state index contributed by atoms with van der Waals surface area (Å²) in [5, 5.41) is 20.0. The van der Waals surface area contributed by atoms with Gasteiger partial charge in [0.2, 0.25) is 17.7 Å². The van der Waals surface area contributed by atoms with E-state index >= 15 is 0 Å². The fraction of sp³-hybridized carbons (Fsp3) is 0.545. The van der Waals surface area contributed by atoms with Crippen LogP contribution in [-0.4, -0.2) is 45.4 Å². The van der Waals surface area contributed by atoms with Gasteiger partial charge in [0, 0.05) is 19.2 Å². The van der Waals surface area contributed by atoms with Gasteiger partial charge in [0.05, 0.1) is 6.61 Å². The Kier molecular flexibility index (Phi) is 8.42. The van der Waals surface area contributed by atoms with E-state index in [9.17, 15) is 4.79 Å². The Hall–Kier alpha value is -1.73. The molecular weight excluding hydrogens is 238 g/mol. The van der Waals surface area contributed by atoms with Gasteiger partial charge < -0.3 is 14.9 Å². The number of carbonyl (C=O) groups excluding carboxylic acids is 1. The van der Waals surface area contributed by atoms with E-state index in [4.69, 9.17) is 14.9 Å². The maximum absolute atomic E-state index is 10.7. The first-order valence-corrected chi connectivity index (χ1v) is 5.64. The van der Waals surface area contributed by atoms with Crippen molar-refractivity contribution in [1.29, 1.82) is 0 Å². The van der Waals surface area contributed by atoms with Gasteiger partial charge in [-0.25, -0.2) is 4.98 Å². The zero-order valence-corrected chi connectivity index (χ0v) is 10.8. The fourth-order valence-electron chi connectivity index (χ4n) is 0.874. The van der Waals surface area contributed by atoms with Crippen LogP contribution in [-0.2, 0) is 4.79 Å². The summed E-state index contributed by atoms with van der Waals surface area (Å²) in [4.78, 5) is 18.4. The smallest absolute Gasteiger partial charge is 0.232 e. The van der Waals surface area contributed by atoms with Crippen LogP contribution in [0.15, 0.2) is 12.3 Å². The number of nitrogens with one attached hydrogen (secondary N) is 1. The van der Waals surface area contributed by atoms with Crippen LogP contribution in [0.4, 0.5) is 5.95 Å². The summed E-state index contributed by atoms with van der Waals surface area (Å²) >= 11 is 0. The summed E-state index contributed by atoms with van der Waals surface area (Å²) in [5.74, 6) is 0.0577. The number of aliphatic hydroxyl groups is 2. The second-order valence-corrected chi connectivity index (χ2v) is 3.05. The largest absolute Gasteiger partial charge is 0.475 e. The van der Waals surface area contributed by atoms with E-state index in [0.717, 1.165) is 0 Å². The predicted molar refractivity (Wildman–Crippen MR) is 66.3 cm³/mol. The molecule has 0 saturated heterocycles. The van der Waals surface area contributed by atoms with E-state index < -0.39 is 6.10 Å². The lowest BCUT2D eigenvalue weighted by molar-refractivity contribution is -0.114. The molecule has 0 saturated carbocycles. The first-order chi connectivity index (χ1) is 8.61. The van der Waals surface area contributed by atoms with Gasteiger partial charge in [0.1, 0.15) is 12.7 Å². The maximum atomic E-state index is 10.7. The van der Waals surface area contributed by atoms with Crippen LogP contribution in [0.1, 0.15) is 20.8 Å². The van der Waals surface area contributed by atoms with E-state index in [2.05, 4.69) is 15.3 Å². The van der Waals surface area contributed by atoms with E-state index in [0.29, 0.717) is 0 Å². The van der Waals surface area contributed by atoms with E-state index in [-0.39, 0.29) is 30.9 Å². The van der Waals surface area contributed by atoms with E-state index in [1.165, 1.54) is 19.2 Å². The van der Waals surface area contributed by atoms with Crippen molar-refractivity contribution in [1.82, 2.24) is 9.97 Å². The van der Waals surface area contributed by atoms with Crippen molar-refractivity contribution >= 4 is 11.9 Å². The van der Waals surface area contributed by atoms with Gasteiger partial charge in [0.15, 0.2) is 0 Å². The minimum absolute atomic E-state index is 0.0764. The second-order valence-electron chi connectivity index (χ2n) is 3.05. The molecule has 102 valence electrons. The lowest BCUT2D eigenvalue weighted by atomic mass is 10.4. The van der Waals surface area contributed by atoms with Crippen LogP contribution >= 0.6 is 0 Å². The molecule has 0 aromatic carbocycles. The number of ether oxygens (including phenoxy) is 1. The minimum atomic E-state index is -0.959. The number of aromatic nitrogens is 2. The number of carbonyl (C=O) groups is 1. The number of anilines is 1. The van der Waals surface area contributed by atoms with Crippen molar-refractivity contribution < 1.29 is 19.7 Å². The third-order valence-corrected chi connectivity index (χ3v) is 1.55. The number of aliphatic hydroxyl groups excluding tert-OH is 2. The summed E-state index contributed by atoms with van der Waals surface area (Å²) in [5.41, 5.74) is 0. The Morgan fingerprint density at radius 3 is 2.78 bits per heavy atom. The Morgan fingerprint density at radius 1 is 1.56 bits per heavy atom. The molecule has 1 rings (SSSR count). The van der Waals surface area contributed by atoms with Gasteiger partial charge in [-0.3, -0.25) is 10.1 Å². The van der Waals surface area contributed by atoms with Crippen molar-refractivity contribution in [3.63, 3.8) is 0 Å². The fourth-order valence-corrected chi connectivity index (χ4v) is 0.874. The minimum Gasteiger partial charge on any atom is -0.475 e. The average Bonchev–Trinajstić information content (AvgIpc) is 2.38. The molecule has 18 heavy (non-hydrogen) atoms. The Bertz CT molecular complexity index is 360. The molecule has 1 heterocycles. The van der Waals surface area contributed by atoms with Gasteiger partial charge >= 0.3 is 0 Å². The molecule has 1 aromatic heterocycles. The topological polar surface area (TPSA) is 105 Å². The lowest BCUT2D eigenvalue weighted by Crippen LogP contribution is -2.21. The predicted octanol–water partition coefficient (Wildman–Crippen LogP) is 0.193. The Labute approximate surface area is 106 Å². The highest BCUT2D eigenvalue weighted by molar-refractivity contribution is 5.86. The van der Waals surface area contributed by atoms with Crippen molar-refractivity contribution in [3.8, 4) is 5.88 Å². The molecule has 0 radical (unpaired) electrons. The van der Waals surface area contributed by atoms with Gasteiger partial charge in [-0.05, 0) is 0 Å². The number of rotatable bonds is 5. The molecule has 0 spiro atoms. The zero-order valence-electron chi connectivity index (χ0n) is 10.8. The summed E-state index contributed by atoms with van der Waals surface area (Å²) < 4.78 is 5.07. The zero-order chi connectivity index (χ0) is 14.0. The summed E-state index contributed by atoms with van der Waals surface area (Å²) in [6, 6.07) is 1.48. The number of hydrogen-bond acceptors (Lipinski definition) is 6. The first kappa shape index (κ1) is 16.3. The molecule has 3 N–H and O–H groups in total. The standard InChI is InChI=1S/C9H13N3O4.C2H6/c1-6(14)11-9-10-3-2-8(12-9)16-5-7(15)4-13;1-2/h2-3,7,13,15H,4-5H2,1H3,(H,10,11,12,14);1-2H3. The molecule has 0 aliphatic heterocycles. The molecule has 0 bridgehead atoms. The summed E-state index contributed by atoms with van der Waals surface area (Å²) in [7, 11) is 0. The highest BCUT2D eigenvalue weighted by atomic mass is 16.5. The summed E-state index contributed by atoms with van der Waals surface area (Å²) in [6.45, 7) is 4.88. The first-order valence-electron chi connectivity index (χ1n) is 5.64. The molecule has 1 amide bonds. The third-order valence-electron chi connectivity index (χ3n) is 1.55. The lowest BCUT2D eigenvalue weighted by Gasteiger charge is -2.09. The van der Waals surface area contributed by atoms with E-state index in [1.807, 2.05) is 13.8 Å². The molecule has 1 aromatic rings. The molecular formula is C11H19N3O4. The number of amides is 1. The quantitative estimate of drug-likeness (QED) is 0.695. The molecule has 7 heteroatoms.